The highest BCUT2D eigenvalue weighted by Crippen LogP contribution is 2.43. The van der Waals surface area contributed by atoms with Crippen LogP contribution < -0.4 is 5.32 Å². The summed E-state index contributed by atoms with van der Waals surface area (Å²) < 4.78 is 6.17. The van der Waals surface area contributed by atoms with Crippen molar-refractivity contribution in [3.8, 4) is 0 Å². The van der Waals surface area contributed by atoms with Crippen LogP contribution >= 0.6 is 0 Å². The molecule has 1 heterocycles. The SMILES string of the molecule is CC(C)CNC(=O)[C@H]1COC2(CCC(C)CC2)N1C(=O)c1ccccc1. The smallest absolute Gasteiger partial charge is 0.256 e. The van der Waals surface area contributed by atoms with Crippen LogP contribution in [0, 0.1) is 11.8 Å². The number of nitrogens with one attached hydrogen (secondary N) is 1. The Morgan fingerprint density at radius 2 is 1.88 bits per heavy atom. The maximum absolute atomic E-state index is 13.3. The summed E-state index contributed by atoms with van der Waals surface area (Å²) in [6, 6.07) is 8.66. The molecule has 1 saturated heterocycles. The molecule has 1 aliphatic heterocycles. The molecule has 1 atom stereocenters. The van der Waals surface area contributed by atoms with Crippen molar-refractivity contribution in [3.05, 3.63) is 35.9 Å². The zero-order valence-corrected chi connectivity index (χ0v) is 16.0. The van der Waals surface area contributed by atoms with Crippen LogP contribution in [0.2, 0.25) is 0 Å². The Kier molecular flexibility index (Phi) is 5.66. The topological polar surface area (TPSA) is 58.6 Å². The van der Waals surface area contributed by atoms with Crippen LogP contribution in [0.5, 0.6) is 0 Å². The van der Waals surface area contributed by atoms with Gasteiger partial charge in [0, 0.05) is 12.1 Å². The van der Waals surface area contributed by atoms with Gasteiger partial charge in [0.25, 0.3) is 5.91 Å². The van der Waals surface area contributed by atoms with Gasteiger partial charge in [0.1, 0.15) is 11.8 Å². The van der Waals surface area contributed by atoms with E-state index in [9.17, 15) is 9.59 Å². The molecular formula is C21H30N2O3. The van der Waals surface area contributed by atoms with Gasteiger partial charge in [0.05, 0.1) is 6.61 Å². The molecule has 5 heteroatoms. The average molecular weight is 358 g/mol. The van der Waals surface area contributed by atoms with Crippen molar-refractivity contribution >= 4 is 11.8 Å². The van der Waals surface area contributed by atoms with E-state index in [1.807, 2.05) is 30.3 Å². The largest absolute Gasteiger partial charge is 0.354 e. The molecule has 1 aromatic carbocycles. The monoisotopic (exact) mass is 358 g/mol. The lowest BCUT2D eigenvalue weighted by atomic mass is 9.83. The van der Waals surface area contributed by atoms with Gasteiger partial charge in [-0.15, -0.1) is 0 Å². The van der Waals surface area contributed by atoms with Gasteiger partial charge in [-0.3, -0.25) is 14.5 Å². The Balaban J connectivity index is 1.87. The summed E-state index contributed by atoms with van der Waals surface area (Å²) in [7, 11) is 0. The van der Waals surface area contributed by atoms with Gasteiger partial charge in [0.15, 0.2) is 0 Å². The lowest BCUT2D eigenvalue weighted by molar-refractivity contribution is -0.128. The molecular weight excluding hydrogens is 328 g/mol. The highest BCUT2D eigenvalue weighted by Gasteiger charge is 2.53. The van der Waals surface area contributed by atoms with Crippen molar-refractivity contribution < 1.29 is 14.3 Å². The van der Waals surface area contributed by atoms with Crippen LogP contribution in [-0.4, -0.2) is 41.6 Å². The second-order valence-electron chi connectivity index (χ2n) is 8.14. The van der Waals surface area contributed by atoms with E-state index >= 15 is 0 Å². The lowest BCUT2D eigenvalue weighted by Crippen LogP contribution is -2.57. The van der Waals surface area contributed by atoms with Crippen LogP contribution in [0.3, 0.4) is 0 Å². The minimum Gasteiger partial charge on any atom is -0.354 e. The highest BCUT2D eigenvalue weighted by atomic mass is 16.5. The predicted molar refractivity (Wildman–Crippen MR) is 101 cm³/mol. The van der Waals surface area contributed by atoms with Crippen LogP contribution in [0.15, 0.2) is 30.3 Å². The highest BCUT2D eigenvalue weighted by molar-refractivity contribution is 5.98. The Morgan fingerprint density at radius 3 is 2.50 bits per heavy atom. The van der Waals surface area contributed by atoms with E-state index in [1.54, 1.807) is 4.90 Å². The van der Waals surface area contributed by atoms with E-state index in [0.717, 1.165) is 25.7 Å². The zero-order chi connectivity index (χ0) is 18.7. The summed E-state index contributed by atoms with van der Waals surface area (Å²) >= 11 is 0. The fraction of sp³-hybridized carbons (Fsp3) is 0.619. The average Bonchev–Trinajstić information content (AvgIpc) is 3.01. The van der Waals surface area contributed by atoms with Crippen molar-refractivity contribution in [2.45, 2.75) is 58.2 Å². The number of ether oxygens (including phenoxy) is 1. The third-order valence-corrected chi connectivity index (χ3v) is 5.54. The first kappa shape index (κ1) is 18.9. The quantitative estimate of drug-likeness (QED) is 0.899. The van der Waals surface area contributed by atoms with Gasteiger partial charge in [-0.05, 0) is 49.7 Å². The molecule has 1 N–H and O–H groups in total. The molecule has 0 aromatic heterocycles. The molecule has 2 fully saturated rings. The molecule has 3 rings (SSSR count). The molecule has 5 nitrogen and oxygen atoms in total. The lowest BCUT2D eigenvalue weighted by Gasteiger charge is -2.43. The fourth-order valence-electron chi connectivity index (χ4n) is 3.92. The first-order chi connectivity index (χ1) is 12.4. The Labute approximate surface area is 156 Å². The zero-order valence-electron chi connectivity index (χ0n) is 16.0. The van der Waals surface area contributed by atoms with Crippen molar-refractivity contribution in [2.75, 3.05) is 13.2 Å². The number of benzene rings is 1. The molecule has 142 valence electrons. The molecule has 1 aliphatic carbocycles. The number of carbonyl (C=O) groups excluding carboxylic acids is 2. The summed E-state index contributed by atoms with van der Waals surface area (Å²) in [5.74, 6) is 0.775. The van der Waals surface area contributed by atoms with Crippen LogP contribution in [0.1, 0.15) is 56.8 Å². The van der Waals surface area contributed by atoms with Gasteiger partial charge in [-0.1, -0.05) is 39.0 Å². The van der Waals surface area contributed by atoms with Crippen molar-refractivity contribution in [2.24, 2.45) is 11.8 Å². The Morgan fingerprint density at radius 1 is 1.23 bits per heavy atom. The molecule has 1 spiro atoms. The van der Waals surface area contributed by atoms with Crippen molar-refractivity contribution in [1.29, 1.82) is 0 Å². The summed E-state index contributed by atoms with van der Waals surface area (Å²) in [5, 5.41) is 2.98. The van der Waals surface area contributed by atoms with Crippen LogP contribution in [0.4, 0.5) is 0 Å². The van der Waals surface area contributed by atoms with E-state index in [-0.39, 0.29) is 18.4 Å². The van der Waals surface area contributed by atoms with Crippen molar-refractivity contribution in [1.82, 2.24) is 10.2 Å². The number of amides is 2. The van der Waals surface area contributed by atoms with E-state index in [0.29, 0.717) is 23.9 Å². The second kappa shape index (κ2) is 7.78. The molecule has 0 unspecified atom stereocenters. The van der Waals surface area contributed by atoms with Gasteiger partial charge >= 0.3 is 0 Å². The minimum atomic E-state index is -0.640. The molecule has 2 amide bonds. The number of nitrogens with zero attached hydrogens (tertiary/aromatic N) is 1. The van der Waals surface area contributed by atoms with E-state index in [2.05, 4.69) is 26.1 Å². The molecule has 2 aliphatic rings. The molecule has 0 radical (unpaired) electrons. The minimum absolute atomic E-state index is 0.109. The summed E-state index contributed by atoms with van der Waals surface area (Å²) in [5.41, 5.74) is -0.0307. The van der Waals surface area contributed by atoms with Crippen LogP contribution in [-0.2, 0) is 9.53 Å². The number of carbonyl (C=O) groups is 2. The molecule has 1 saturated carbocycles. The summed E-state index contributed by atoms with van der Waals surface area (Å²) in [4.78, 5) is 27.9. The maximum Gasteiger partial charge on any atom is 0.256 e. The molecule has 1 aromatic rings. The maximum atomic E-state index is 13.3. The van der Waals surface area contributed by atoms with Crippen LogP contribution in [0.25, 0.3) is 0 Å². The fourth-order valence-corrected chi connectivity index (χ4v) is 3.92. The third-order valence-electron chi connectivity index (χ3n) is 5.54. The predicted octanol–water partition coefficient (Wildman–Crippen LogP) is 3.21. The van der Waals surface area contributed by atoms with Crippen molar-refractivity contribution in [3.63, 3.8) is 0 Å². The summed E-state index contributed by atoms with van der Waals surface area (Å²) in [6.45, 7) is 7.23. The second-order valence-corrected chi connectivity index (χ2v) is 8.14. The van der Waals surface area contributed by atoms with E-state index < -0.39 is 11.8 Å². The number of hydrogen-bond acceptors (Lipinski definition) is 3. The number of rotatable bonds is 4. The number of hydrogen-bond donors (Lipinski definition) is 1. The standard InChI is InChI=1S/C21H30N2O3/c1-15(2)13-22-19(24)18-14-26-21(11-9-16(3)10-12-21)23(18)20(25)17-7-5-4-6-8-17/h4-8,15-16,18H,9-14H2,1-3H3,(H,22,24)/t16?,18-,21?/m1/s1. The third kappa shape index (κ3) is 3.78. The Bertz CT molecular complexity index is 636. The van der Waals surface area contributed by atoms with Gasteiger partial charge < -0.3 is 10.1 Å². The van der Waals surface area contributed by atoms with Gasteiger partial charge in [-0.25, -0.2) is 0 Å². The van der Waals surface area contributed by atoms with Gasteiger partial charge in [-0.2, -0.15) is 0 Å². The first-order valence-electron chi connectivity index (χ1n) is 9.73. The first-order valence-corrected chi connectivity index (χ1v) is 9.73. The Hall–Kier alpha value is -1.88. The summed E-state index contributed by atoms with van der Waals surface area (Å²) in [6.07, 6.45) is 3.61. The van der Waals surface area contributed by atoms with E-state index in [1.165, 1.54) is 0 Å². The van der Waals surface area contributed by atoms with Gasteiger partial charge in [0.2, 0.25) is 5.91 Å². The van der Waals surface area contributed by atoms with E-state index in [4.69, 9.17) is 4.74 Å². The molecule has 0 bridgehead atoms. The normalized spacial score (nSPS) is 28.5. The molecule has 26 heavy (non-hydrogen) atoms.